The Bertz CT molecular complexity index is 608. The molecule has 2 atom stereocenters. The number of nitrogens with two attached hydrogens (primary N) is 1. The molecule has 1 aromatic heterocycles. The molecule has 22 heavy (non-hydrogen) atoms. The molecule has 1 saturated heterocycles. The molecule has 0 bridgehead atoms. The van der Waals surface area contributed by atoms with Crippen molar-refractivity contribution in [2.24, 2.45) is 11.7 Å². The molecule has 2 unspecified atom stereocenters. The van der Waals surface area contributed by atoms with Crippen LogP contribution in [-0.2, 0) is 6.54 Å². The van der Waals surface area contributed by atoms with Gasteiger partial charge in [-0.05, 0) is 37.8 Å². The minimum atomic E-state index is 0.486. The first-order valence-corrected chi connectivity index (χ1v) is 8.96. The number of thiazole rings is 1. The van der Waals surface area contributed by atoms with Crippen molar-refractivity contribution >= 4 is 11.3 Å². The Morgan fingerprint density at radius 2 is 2.09 bits per heavy atom. The summed E-state index contributed by atoms with van der Waals surface area (Å²) in [5, 5.41) is 1.14. The van der Waals surface area contributed by atoms with Crippen LogP contribution in [0.25, 0.3) is 10.4 Å². The van der Waals surface area contributed by atoms with Crippen LogP contribution in [0.1, 0.15) is 30.5 Å². The Labute approximate surface area is 137 Å². The number of benzene rings is 1. The summed E-state index contributed by atoms with van der Waals surface area (Å²) < 4.78 is 0. The van der Waals surface area contributed by atoms with E-state index in [-0.39, 0.29) is 0 Å². The Balaban J connectivity index is 1.86. The molecule has 118 valence electrons. The molecule has 0 aliphatic carbocycles. The third-order valence-electron chi connectivity index (χ3n) is 4.67. The van der Waals surface area contributed by atoms with Crippen LogP contribution in [0.3, 0.4) is 0 Å². The van der Waals surface area contributed by atoms with E-state index in [1.807, 2.05) is 0 Å². The minimum Gasteiger partial charge on any atom is -0.329 e. The molecule has 1 aromatic carbocycles. The van der Waals surface area contributed by atoms with Crippen molar-refractivity contribution in [3.63, 3.8) is 0 Å². The number of aryl methyl sites for hydroxylation is 1. The zero-order valence-electron chi connectivity index (χ0n) is 13.5. The summed E-state index contributed by atoms with van der Waals surface area (Å²) in [5.41, 5.74) is 8.52. The lowest BCUT2D eigenvalue weighted by Gasteiger charge is -2.39. The van der Waals surface area contributed by atoms with Gasteiger partial charge in [-0.15, -0.1) is 11.3 Å². The van der Waals surface area contributed by atoms with Crippen LogP contribution in [-0.4, -0.2) is 29.0 Å². The summed E-state index contributed by atoms with van der Waals surface area (Å²) in [5.74, 6) is 0.679. The fourth-order valence-corrected chi connectivity index (χ4v) is 4.43. The smallest absolute Gasteiger partial charge is 0.0904 e. The van der Waals surface area contributed by atoms with Crippen molar-refractivity contribution in [1.29, 1.82) is 0 Å². The van der Waals surface area contributed by atoms with E-state index < -0.39 is 0 Å². The van der Waals surface area contributed by atoms with Gasteiger partial charge in [0.1, 0.15) is 0 Å². The quantitative estimate of drug-likeness (QED) is 0.936. The van der Waals surface area contributed by atoms with Crippen molar-refractivity contribution in [1.82, 2.24) is 9.88 Å². The van der Waals surface area contributed by atoms with Crippen LogP contribution in [0, 0.1) is 12.8 Å². The molecule has 4 heteroatoms. The van der Waals surface area contributed by atoms with Gasteiger partial charge in [-0.3, -0.25) is 4.90 Å². The molecular weight excluding hydrogens is 290 g/mol. The summed E-state index contributed by atoms with van der Waals surface area (Å²) in [6.07, 6.45) is 2.56. The third-order valence-corrected chi connectivity index (χ3v) is 5.73. The molecule has 2 N–H and O–H groups in total. The van der Waals surface area contributed by atoms with Gasteiger partial charge in [-0.25, -0.2) is 4.98 Å². The Morgan fingerprint density at radius 3 is 2.82 bits per heavy atom. The highest BCUT2D eigenvalue weighted by Gasteiger charge is 2.28. The molecule has 3 nitrogen and oxygen atoms in total. The van der Waals surface area contributed by atoms with Gasteiger partial charge in [-0.1, -0.05) is 37.3 Å². The molecule has 1 fully saturated rings. The number of aromatic nitrogens is 1. The van der Waals surface area contributed by atoms with E-state index in [1.165, 1.54) is 29.0 Å². The fraction of sp³-hybridized carbons (Fsp3) is 0.500. The van der Waals surface area contributed by atoms with Crippen molar-refractivity contribution in [2.45, 2.75) is 39.3 Å². The molecule has 0 radical (unpaired) electrons. The molecule has 0 amide bonds. The highest BCUT2D eigenvalue weighted by Crippen LogP contribution is 2.32. The molecule has 1 aliphatic heterocycles. The van der Waals surface area contributed by atoms with E-state index in [2.05, 4.69) is 49.1 Å². The fourth-order valence-electron chi connectivity index (χ4n) is 3.50. The SMILES string of the molecule is Cc1nc(CN2CCCC(C)C2CN)c(-c2ccccc2)s1. The van der Waals surface area contributed by atoms with Crippen LogP contribution in [0.5, 0.6) is 0 Å². The second kappa shape index (κ2) is 6.90. The lowest BCUT2D eigenvalue weighted by atomic mass is 9.90. The molecule has 2 aromatic rings. The minimum absolute atomic E-state index is 0.486. The van der Waals surface area contributed by atoms with Crippen LogP contribution in [0.15, 0.2) is 30.3 Å². The Hall–Kier alpha value is -1.23. The lowest BCUT2D eigenvalue weighted by Crippen LogP contribution is -2.48. The molecule has 3 rings (SSSR count). The number of rotatable bonds is 4. The van der Waals surface area contributed by atoms with Crippen LogP contribution < -0.4 is 5.73 Å². The van der Waals surface area contributed by atoms with E-state index in [4.69, 9.17) is 10.7 Å². The lowest BCUT2D eigenvalue weighted by molar-refractivity contribution is 0.0981. The van der Waals surface area contributed by atoms with Crippen molar-refractivity contribution in [3.05, 3.63) is 41.0 Å². The van der Waals surface area contributed by atoms with Gasteiger partial charge in [0, 0.05) is 19.1 Å². The van der Waals surface area contributed by atoms with Gasteiger partial charge >= 0.3 is 0 Å². The second-order valence-corrected chi connectivity index (χ2v) is 7.47. The van der Waals surface area contributed by atoms with Gasteiger partial charge in [0.05, 0.1) is 15.6 Å². The average molecular weight is 315 g/mol. The molecule has 2 heterocycles. The number of hydrogen-bond acceptors (Lipinski definition) is 4. The topological polar surface area (TPSA) is 42.2 Å². The predicted molar refractivity (Wildman–Crippen MR) is 93.9 cm³/mol. The van der Waals surface area contributed by atoms with Gasteiger partial charge in [0.2, 0.25) is 0 Å². The van der Waals surface area contributed by atoms with Gasteiger partial charge in [-0.2, -0.15) is 0 Å². The normalized spacial score (nSPS) is 22.9. The van der Waals surface area contributed by atoms with Crippen molar-refractivity contribution < 1.29 is 0 Å². The molecule has 0 spiro atoms. The monoisotopic (exact) mass is 315 g/mol. The van der Waals surface area contributed by atoms with E-state index in [1.54, 1.807) is 11.3 Å². The first-order valence-electron chi connectivity index (χ1n) is 8.15. The number of piperidine rings is 1. The first-order chi connectivity index (χ1) is 10.7. The largest absolute Gasteiger partial charge is 0.329 e. The standard InChI is InChI=1S/C18H25N3S/c1-13-7-6-10-21(17(13)11-19)12-16-18(22-14(2)20-16)15-8-4-3-5-9-15/h3-5,8-9,13,17H,6-7,10-12,19H2,1-2H3. The summed E-state index contributed by atoms with van der Waals surface area (Å²) in [4.78, 5) is 8.66. The van der Waals surface area contributed by atoms with Gasteiger partial charge in [0.15, 0.2) is 0 Å². The van der Waals surface area contributed by atoms with Gasteiger partial charge < -0.3 is 5.73 Å². The third kappa shape index (κ3) is 3.24. The summed E-state index contributed by atoms with van der Waals surface area (Å²) in [7, 11) is 0. The summed E-state index contributed by atoms with van der Waals surface area (Å²) >= 11 is 1.80. The molecule has 0 saturated carbocycles. The van der Waals surface area contributed by atoms with Crippen LogP contribution in [0.2, 0.25) is 0 Å². The maximum Gasteiger partial charge on any atom is 0.0904 e. The average Bonchev–Trinajstić information content (AvgIpc) is 2.89. The zero-order valence-corrected chi connectivity index (χ0v) is 14.3. The zero-order chi connectivity index (χ0) is 15.5. The van der Waals surface area contributed by atoms with E-state index in [0.29, 0.717) is 12.0 Å². The Morgan fingerprint density at radius 1 is 1.32 bits per heavy atom. The van der Waals surface area contributed by atoms with Crippen LogP contribution >= 0.6 is 11.3 Å². The van der Waals surface area contributed by atoms with E-state index in [9.17, 15) is 0 Å². The molecule has 1 aliphatic rings. The maximum absolute atomic E-state index is 6.03. The predicted octanol–water partition coefficient (Wildman–Crippen LogP) is 3.68. The number of hydrogen-bond donors (Lipinski definition) is 1. The number of likely N-dealkylation sites (tertiary alicyclic amines) is 1. The first kappa shape index (κ1) is 15.7. The van der Waals surface area contributed by atoms with Gasteiger partial charge in [0.25, 0.3) is 0 Å². The second-order valence-electron chi connectivity index (χ2n) is 6.27. The summed E-state index contributed by atoms with van der Waals surface area (Å²) in [6.45, 7) is 7.22. The van der Waals surface area contributed by atoms with E-state index in [0.717, 1.165) is 24.6 Å². The van der Waals surface area contributed by atoms with Crippen LogP contribution in [0.4, 0.5) is 0 Å². The highest BCUT2D eigenvalue weighted by atomic mass is 32.1. The van der Waals surface area contributed by atoms with Crippen molar-refractivity contribution in [2.75, 3.05) is 13.1 Å². The Kier molecular flexibility index (Phi) is 4.91. The number of nitrogens with zero attached hydrogens (tertiary/aromatic N) is 2. The summed E-state index contributed by atoms with van der Waals surface area (Å²) in [6, 6.07) is 11.1. The van der Waals surface area contributed by atoms with Crippen molar-refractivity contribution in [3.8, 4) is 10.4 Å². The van der Waals surface area contributed by atoms with E-state index >= 15 is 0 Å². The highest BCUT2D eigenvalue weighted by molar-refractivity contribution is 7.15. The molecular formula is C18H25N3S. The maximum atomic E-state index is 6.03.